The summed E-state index contributed by atoms with van der Waals surface area (Å²) in [6.07, 6.45) is 1.89. The van der Waals surface area contributed by atoms with E-state index in [0.29, 0.717) is 22.9 Å². The Labute approximate surface area is 157 Å². The number of nitrogens with one attached hydrogen (secondary N) is 2. The highest BCUT2D eigenvalue weighted by Crippen LogP contribution is 2.28. The highest BCUT2D eigenvalue weighted by atomic mass is 16.5. The second kappa shape index (κ2) is 7.24. The molecule has 3 N–H and O–H groups in total. The van der Waals surface area contributed by atoms with Gasteiger partial charge in [-0.1, -0.05) is 6.07 Å². The number of amides is 1. The average molecular weight is 369 g/mol. The molecule has 2 heterocycles. The molecular formula is C19H23N5O3. The first-order valence-corrected chi connectivity index (χ1v) is 8.54. The number of anilines is 2. The molecule has 1 amide bonds. The number of benzene rings is 1. The van der Waals surface area contributed by atoms with Crippen LogP contribution in [0.4, 0.5) is 11.6 Å². The van der Waals surface area contributed by atoms with Gasteiger partial charge in [-0.15, -0.1) is 5.10 Å². The molecule has 0 atom stereocenters. The van der Waals surface area contributed by atoms with Crippen molar-refractivity contribution < 1.29 is 14.6 Å². The molecule has 0 spiro atoms. The van der Waals surface area contributed by atoms with E-state index < -0.39 is 5.60 Å². The molecule has 0 radical (unpaired) electrons. The van der Waals surface area contributed by atoms with Gasteiger partial charge in [0.05, 0.1) is 18.4 Å². The third-order valence-corrected chi connectivity index (χ3v) is 3.87. The Morgan fingerprint density at radius 2 is 2.07 bits per heavy atom. The molecule has 3 rings (SSSR count). The summed E-state index contributed by atoms with van der Waals surface area (Å²) in [5.74, 6) is 0.627. The van der Waals surface area contributed by atoms with Crippen LogP contribution in [0.5, 0.6) is 5.75 Å². The van der Waals surface area contributed by atoms with Gasteiger partial charge in [0.1, 0.15) is 5.75 Å². The molecule has 1 aromatic carbocycles. The molecule has 0 saturated heterocycles. The highest BCUT2D eigenvalue weighted by Gasteiger charge is 2.16. The Morgan fingerprint density at radius 3 is 2.78 bits per heavy atom. The van der Waals surface area contributed by atoms with Crippen molar-refractivity contribution in [1.29, 1.82) is 0 Å². The van der Waals surface area contributed by atoms with Crippen LogP contribution in [0.1, 0.15) is 29.8 Å². The molecule has 2 aromatic heterocycles. The molecule has 8 nitrogen and oxygen atoms in total. The number of hydrogen-bond donors (Lipinski definition) is 3. The van der Waals surface area contributed by atoms with Crippen LogP contribution in [-0.4, -0.2) is 44.9 Å². The highest BCUT2D eigenvalue weighted by molar-refractivity contribution is 5.95. The first-order chi connectivity index (χ1) is 12.7. The summed E-state index contributed by atoms with van der Waals surface area (Å²) in [5.41, 5.74) is 1.90. The number of carbonyl (C=O) groups excluding carboxylic acids is 1. The quantitative estimate of drug-likeness (QED) is 0.616. The molecule has 27 heavy (non-hydrogen) atoms. The summed E-state index contributed by atoms with van der Waals surface area (Å²) in [7, 11) is 1.53. The molecular weight excluding hydrogens is 346 g/mol. The van der Waals surface area contributed by atoms with Crippen LogP contribution in [0.3, 0.4) is 0 Å². The van der Waals surface area contributed by atoms with Crippen LogP contribution in [0.2, 0.25) is 0 Å². The smallest absolute Gasteiger partial charge is 0.251 e. The zero-order valence-corrected chi connectivity index (χ0v) is 15.8. The second-order valence-electron chi connectivity index (χ2n) is 6.98. The molecule has 0 saturated carbocycles. The van der Waals surface area contributed by atoms with E-state index in [0.717, 1.165) is 11.2 Å². The zero-order chi connectivity index (χ0) is 19.6. The summed E-state index contributed by atoms with van der Waals surface area (Å²) >= 11 is 0. The fourth-order valence-corrected chi connectivity index (χ4v) is 2.49. The Bertz CT molecular complexity index is 975. The molecule has 0 aliphatic rings. The van der Waals surface area contributed by atoms with Gasteiger partial charge in [0.25, 0.3) is 5.91 Å². The predicted molar refractivity (Wildman–Crippen MR) is 103 cm³/mol. The van der Waals surface area contributed by atoms with Crippen molar-refractivity contribution in [2.45, 2.75) is 26.4 Å². The van der Waals surface area contributed by atoms with Crippen LogP contribution in [0, 0.1) is 6.92 Å². The zero-order valence-electron chi connectivity index (χ0n) is 15.8. The van der Waals surface area contributed by atoms with E-state index in [2.05, 4.69) is 20.7 Å². The Kier molecular flexibility index (Phi) is 5.00. The molecule has 8 heteroatoms. The van der Waals surface area contributed by atoms with Gasteiger partial charge in [-0.25, -0.2) is 4.52 Å². The average Bonchev–Trinajstić information content (AvgIpc) is 3.00. The lowest BCUT2D eigenvalue weighted by Gasteiger charge is -2.18. The molecule has 142 valence electrons. The number of aliphatic hydroxyl groups is 1. The lowest BCUT2D eigenvalue weighted by molar-refractivity contribution is 0.0694. The number of fused-ring (bicyclic) bond motifs is 1. The number of aryl methyl sites for hydroxylation is 1. The number of hydrogen-bond acceptors (Lipinski definition) is 6. The van der Waals surface area contributed by atoms with Crippen LogP contribution in [-0.2, 0) is 0 Å². The maximum absolute atomic E-state index is 12.3. The molecule has 0 unspecified atom stereocenters. The minimum Gasteiger partial charge on any atom is -0.495 e. The maximum Gasteiger partial charge on any atom is 0.251 e. The van der Waals surface area contributed by atoms with Crippen LogP contribution < -0.4 is 15.4 Å². The number of carbonyl (C=O) groups is 1. The van der Waals surface area contributed by atoms with Gasteiger partial charge in [0, 0.05) is 18.3 Å². The number of nitrogens with zero attached hydrogens (tertiary/aromatic N) is 3. The molecule has 0 fully saturated rings. The largest absolute Gasteiger partial charge is 0.495 e. The van der Waals surface area contributed by atoms with E-state index in [-0.39, 0.29) is 12.5 Å². The molecule has 0 aliphatic carbocycles. The van der Waals surface area contributed by atoms with Gasteiger partial charge < -0.3 is 20.5 Å². The lowest BCUT2D eigenvalue weighted by atomic mass is 10.1. The van der Waals surface area contributed by atoms with Gasteiger partial charge in [-0.05, 0) is 50.6 Å². The van der Waals surface area contributed by atoms with Crippen molar-refractivity contribution in [3.8, 4) is 5.75 Å². The number of pyridine rings is 1. The molecule has 0 bridgehead atoms. The third-order valence-electron chi connectivity index (χ3n) is 3.87. The third kappa shape index (κ3) is 4.53. The van der Waals surface area contributed by atoms with Crippen molar-refractivity contribution in [1.82, 2.24) is 19.9 Å². The van der Waals surface area contributed by atoms with Crippen molar-refractivity contribution in [2.75, 3.05) is 19.0 Å². The van der Waals surface area contributed by atoms with Crippen LogP contribution in [0.25, 0.3) is 5.65 Å². The van der Waals surface area contributed by atoms with Crippen molar-refractivity contribution in [3.05, 3.63) is 47.7 Å². The van der Waals surface area contributed by atoms with Crippen molar-refractivity contribution in [3.63, 3.8) is 0 Å². The SMILES string of the molecule is COc1cc(C(=O)NCC(C)(C)O)ccc1Nc1nc2ccc(C)cn2n1. The van der Waals surface area contributed by atoms with Gasteiger partial charge in [-0.2, -0.15) is 4.98 Å². The van der Waals surface area contributed by atoms with Gasteiger partial charge in [0.2, 0.25) is 5.95 Å². The monoisotopic (exact) mass is 369 g/mol. The van der Waals surface area contributed by atoms with Crippen molar-refractivity contribution >= 4 is 23.2 Å². The van der Waals surface area contributed by atoms with E-state index >= 15 is 0 Å². The summed E-state index contributed by atoms with van der Waals surface area (Å²) in [5, 5.41) is 19.9. The van der Waals surface area contributed by atoms with E-state index in [1.807, 2.05) is 25.3 Å². The summed E-state index contributed by atoms with van der Waals surface area (Å²) in [4.78, 5) is 16.7. The topological polar surface area (TPSA) is 101 Å². The Morgan fingerprint density at radius 1 is 1.30 bits per heavy atom. The number of rotatable bonds is 6. The number of aromatic nitrogens is 3. The van der Waals surface area contributed by atoms with Crippen molar-refractivity contribution in [2.24, 2.45) is 0 Å². The van der Waals surface area contributed by atoms with E-state index in [1.54, 1.807) is 36.6 Å². The van der Waals surface area contributed by atoms with Crippen LogP contribution in [0.15, 0.2) is 36.5 Å². The summed E-state index contributed by atoms with van der Waals surface area (Å²) < 4.78 is 7.09. The summed E-state index contributed by atoms with van der Waals surface area (Å²) in [6.45, 7) is 5.39. The van der Waals surface area contributed by atoms with Gasteiger partial charge in [-0.3, -0.25) is 4.79 Å². The Balaban J connectivity index is 1.80. The fourth-order valence-electron chi connectivity index (χ4n) is 2.49. The second-order valence-corrected chi connectivity index (χ2v) is 6.98. The summed E-state index contributed by atoms with van der Waals surface area (Å²) in [6, 6.07) is 8.89. The minimum atomic E-state index is -0.978. The normalized spacial score (nSPS) is 11.4. The molecule has 0 aliphatic heterocycles. The maximum atomic E-state index is 12.3. The Hall–Kier alpha value is -3.13. The predicted octanol–water partition coefficient (Wildman–Crippen LogP) is 2.29. The number of methoxy groups -OCH3 is 1. The first kappa shape index (κ1) is 18.7. The first-order valence-electron chi connectivity index (χ1n) is 8.54. The lowest BCUT2D eigenvalue weighted by Crippen LogP contribution is -2.38. The van der Waals surface area contributed by atoms with E-state index in [4.69, 9.17) is 4.74 Å². The van der Waals surface area contributed by atoms with E-state index in [9.17, 15) is 9.90 Å². The van der Waals surface area contributed by atoms with E-state index in [1.165, 1.54) is 7.11 Å². The molecule has 3 aromatic rings. The standard InChI is InChI=1S/C19H23N5O3/c1-12-5-8-16-22-18(23-24(16)10-12)21-14-7-6-13(9-15(14)27-4)17(25)20-11-19(2,3)26/h5-10,26H,11H2,1-4H3,(H,20,25)(H,21,23). The minimum absolute atomic E-state index is 0.152. The van der Waals surface area contributed by atoms with Crippen LogP contribution >= 0.6 is 0 Å². The fraction of sp³-hybridized carbons (Fsp3) is 0.316. The van der Waals surface area contributed by atoms with Gasteiger partial charge in [0.15, 0.2) is 5.65 Å². The van der Waals surface area contributed by atoms with Gasteiger partial charge >= 0.3 is 0 Å². The number of ether oxygens (including phenoxy) is 1.